The Balaban J connectivity index is 2.04. The molecular formula is C19H21NO4. The van der Waals surface area contributed by atoms with Gasteiger partial charge in [0.1, 0.15) is 5.75 Å². The molecule has 0 aliphatic heterocycles. The Hall–Kier alpha value is -2.82. The van der Waals surface area contributed by atoms with Gasteiger partial charge in [0, 0.05) is 5.56 Å². The predicted molar refractivity (Wildman–Crippen MR) is 90.6 cm³/mol. The number of carbonyl (C=O) groups is 2. The van der Waals surface area contributed by atoms with Gasteiger partial charge in [0.25, 0.3) is 5.91 Å². The van der Waals surface area contributed by atoms with Crippen LogP contribution < -0.4 is 10.5 Å². The number of rotatable bonds is 6. The first-order valence-corrected chi connectivity index (χ1v) is 7.63. The quantitative estimate of drug-likeness (QED) is 0.828. The van der Waals surface area contributed by atoms with Gasteiger partial charge < -0.3 is 15.2 Å². The molecule has 0 aliphatic carbocycles. The van der Waals surface area contributed by atoms with E-state index < -0.39 is 18.0 Å². The summed E-state index contributed by atoms with van der Waals surface area (Å²) in [6, 6.07) is 12.6. The maximum atomic E-state index is 12.0. The Morgan fingerprint density at radius 3 is 2.17 bits per heavy atom. The molecule has 5 heteroatoms. The van der Waals surface area contributed by atoms with Crippen LogP contribution in [0.5, 0.6) is 5.75 Å². The van der Waals surface area contributed by atoms with Gasteiger partial charge in [0.15, 0.2) is 6.61 Å². The molecule has 0 saturated heterocycles. The highest BCUT2D eigenvalue weighted by molar-refractivity contribution is 5.84. The fourth-order valence-corrected chi connectivity index (χ4v) is 2.61. The largest absolute Gasteiger partial charge is 0.481 e. The summed E-state index contributed by atoms with van der Waals surface area (Å²) in [4.78, 5) is 23.6. The second kappa shape index (κ2) is 7.64. The third-order valence-corrected chi connectivity index (χ3v) is 3.55. The average molecular weight is 327 g/mol. The van der Waals surface area contributed by atoms with Crippen LogP contribution in [0.15, 0.2) is 42.5 Å². The summed E-state index contributed by atoms with van der Waals surface area (Å²) in [7, 11) is 0. The Morgan fingerprint density at radius 2 is 1.62 bits per heavy atom. The van der Waals surface area contributed by atoms with Crippen molar-refractivity contribution in [3.8, 4) is 5.75 Å². The number of esters is 1. The minimum Gasteiger partial charge on any atom is -0.481 e. The molecule has 1 unspecified atom stereocenters. The van der Waals surface area contributed by atoms with Crippen molar-refractivity contribution in [2.24, 2.45) is 5.73 Å². The van der Waals surface area contributed by atoms with Gasteiger partial charge in [-0.1, -0.05) is 48.0 Å². The molecule has 1 amide bonds. The maximum absolute atomic E-state index is 12.0. The van der Waals surface area contributed by atoms with E-state index in [0.29, 0.717) is 11.3 Å². The Labute approximate surface area is 141 Å². The van der Waals surface area contributed by atoms with Crippen molar-refractivity contribution >= 4 is 11.9 Å². The molecule has 2 aromatic rings. The van der Waals surface area contributed by atoms with E-state index in [1.807, 2.05) is 32.9 Å². The second-order valence-corrected chi connectivity index (χ2v) is 5.70. The van der Waals surface area contributed by atoms with Gasteiger partial charge in [-0.05, 0) is 31.9 Å². The molecule has 1 atom stereocenters. The molecule has 0 aliphatic rings. The highest BCUT2D eigenvalue weighted by Gasteiger charge is 2.22. The van der Waals surface area contributed by atoms with Crippen molar-refractivity contribution < 1.29 is 19.1 Å². The number of nitrogens with two attached hydrogens (primary N) is 1. The molecule has 0 bridgehead atoms. The Morgan fingerprint density at radius 1 is 1.04 bits per heavy atom. The van der Waals surface area contributed by atoms with Crippen molar-refractivity contribution in [2.75, 3.05) is 6.61 Å². The van der Waals surface area contributed by atoms with Crippen LogP contribution in [-0.4, -0.2) is 18.5 Å². The molecule has 0 aromatic heterocycles. The standard InChI is InChI=1S/C19H21NO4/c1-12-9-13(2)17(14(3)10-12)23-11-16(21)24-18(19(20)22)15-7-5-4-6-8-15/h4-10,18H,11H2,1-3H3,(H2,20,22). The number of benzene rings is 2. The fraction of sp³-hybridized carbons (Fsp3) is 0.263. The van der Waals surface area contributed by atoms with E-state index in [2.05, 4.69) is 0 Å². The highest BCUT2D eigenvalue weighted by Crippen LogP contribution is 2.25. The summed E-state index contributed by atoms with van der Waals surface area (Å²) in [5.74, 6) is -0.729. The molecule has 2 rings (SSSR count). The summed E-state index contributed by atoms with van der Waals surface area (Å²) >= 11 is 0. The first kappa shape index (κ1) is 17.5. The lowest BCUT2D eigenvalue weighted by Crippen LogP contribution is -2.28. The van der Waals surface area contributed by atoms with Crippen molar-refractivity contribution in [1.29, 1.82) is 0 Å². The molecule has 24 heavy (non-hydrogen) atoms. The highest BCUT2D eigenvalue weighted by atomic mass is 16.6. The minimum absolute atomic E-state index is 0.290. The number of aryl methyl sites for hydroxylation is 3. The average Bonchev–Trinajstić information content (AvgIpc) is 2.52. The number of hydrogen-bond donors (Lipinski definition) is 1. The van der Waals surface area contributed by atoms with E-state index >= 15 is 0 Å². The predicted octanol–water partition coefficient (Wildman–Crippen LogP) is 2.76. The van der Waals surface area contributed by atoms with Crippen LogP contribution >= 0.6 is 0 Å². The van der Waals surface area contributed by atoms with Crippen molar-refractivity contribution in [2.45, 2.75) is 26.9 Å². The lowest BCUT2D eigenvalue weighted by molar-refractivity contribution is -0.157. The SMILES string of the molecule is Cc1cc(C)c(OCC(=O)OC(C(N)=O)c2ccccc2)c(C)c1. The minimum atomic E-state index is -1.12. The van der Waals surface area contributed by atoms with Crippen LogP contribution in [0.1, 0.15) is 28.4 Å². The number of carbonyl (C=O) groups excluding carboxylic acids is 2. The van der Waals surface area contributed by atoms with Crippen LogP contribution in [-0.2, 0) is 14.3 Å². The zero-order valence-electron chi connectivity index (χ0n) is 14.0. The fourth-order valence-electron chi connectivity index (χ4n) is 2.61. The van der Waals surface area contributed by atoms with Gasteiger partial charge in [-0.2, -0.15) is 0 Å². The number of amides is 1. The summed E-state index contributed by atoms with van der Waals surface area (Å²) in [6.45, 7) is 5.53. The molecular weight excluding hydrogens is 306 g/mol. The van der Waals surface area contributed by atoms with E-state index in [0.717, 1.165) is 16.7 Å². The van der Waals surface area contributed by atoms with Gasteiger partial charge >= 0.3 is 5.97 Å². The van der Waals surface area contributed by atoms with Crippen LogP contribution in [0.4, 0.5) is 0 Å². The summed E-state index contributed by atoms with van der Waals surface area (Å²) in [5, 5.41) is 0. The number of hydrogen-bond acceptors (Lipinski definition) is 4. The van der Waals surface area contributed by atoms with Gasteiger partial charge in [-0.3, -0.25) is 4.79 Å². The molecule has 0 radical (unpaired) electrons. The lowest BCUT2D eigenvalue weighted by atomic mass is 10.1. The third kappa shape index (κ3) is 4.35. The summed E-state index contributed by atoms with van der Waals surface area (Å²) in [6.07, 6.45) is -1.12. The summed E-state index contributed by atoms with van der Waals surface area (Å²) in [5.41, 5.74) is 8.86. The van der Waals surface area contributed by atoms with Gasteiger partial charge in [0.05, 0.1) is 0 Å². The van der Waals surface area contributed by atoms with Crippen LogP contribution in [0.25, 0.3) is 0 Å². The first-order chi connectivity index (χ1) is 11.4. The zero-order chi connectivity index (χ0) is 17.7. The van der Waals surface area contributed by atoms with Crippen molar-refractivity contribution in [1.82, 2.24) is 0 Å². The molecule has 0 saturated carbocycles. The van der Waals surface area contributed by atoms with Crippen LogP contribution in [0, 0.1) is 20.8 Å². The van der Waals surface area contributed by atoms with Crippen LogP contribution in [0.3, 0.4) is 0 Å². The molecule has 0 fully saturated rings. The second-order valence-electron chi connectivity index (χ2n) is 5.70. The lowest BCUT2D eigenvalue weighted by Gasteiger charge is -2.16. The van der Waals surface area contributed by atoms with E-state index in [-0.39, 0.29) is 6.61 Å². The van der Waals surface area contributed by atoms with E-state index in [4.69, 9.17) is 15.2 Å². The maximum Gasteiger partial charge on any atom is 0.345 e. The third-order valence-electron chi connectivity index (χ3n) is 3.55. The molecule has 5 nitrogen and oxygen atoms in total. The normalized spacial score (nSPS) is 11.6. The van der Waals surface area contributed by atoms with Gasteiger partial charge in [-0.15, -0.1) is 0 Å². The van der Waals surface area contributed by atoms with Crippen LogP contribution in [0.2, 0.25) is 0 Å². The first-order valence-electron chi connectivity index (χ1n) is 7.63. The van der Waals surface area contributed by atoms with E-state index in [1.54, 1.807) is 30.3 Å². The Kier molecular flexibility index (Phi) is 5.58. The van der Waals surface area contributed by atoms with Crippen molar-refractivity contribution in [3.63, 3.8) is 0 Å². The molecule has 0 heterocycles. The van der Waals surface area contributed by atoms with E-state index in [9.17, 15) is 9.59 Å². The molecule has 2 N–H and O–H groups in total. The molecule has 0 spiro atoms. The number of primary amides is 1. The zero-order valence-corrected chi connectivity index (χ0v) is 14.0. The molecule has 126 valence electrons. The van der Waals surface area contributed by atoms with Gasteiger partial charge in [-0.25, -0.2) is 4.79 Å². The molecule has 2 aromatic carbocycles. The smallest absolute Gasteiger partial charge is 0.345 e. The monoisotopic (exact) mass is 327 g/mol. The van der Waals surface area contributed by atoms with Crippen molar-refractivity contribution in [3.05, 3.63) is 64.7 Å². The summed E-state index contributed by atoms with van der Waals surface area (Å²) < 4.78 is 10.8. The van der Waals surface area contributed by atoms with Gasteiger partial charge in [0.2, 0.25) is 6.10 Å². The number of ether oxygens (including phenoxy) is 2. The Bertz CT molecular complexity index is 717. The van der Waals surface area contributed by atoms with E-state index in [1.165, 1.54) is 0 Å². The topological polar surface area (TPSA) is 78.6 Å².